The summed E-state index contributed by atoms with van der Waals surface area (Å²) < 4.78 is 55.1. The van der Waals surface area contributed by atoms with Crippen molar-refractivity contribution in [1.82, 2.24) is 34.2 Å². The van der Waals surface area contributed by atoms with E-state index in [0.717, 1.165) is 15.8 Å². The number of carbonyl (C=O) groups is 1. The van der Waals surface area contributed by atoms with Crippen LogP contribution in [-0.2, 0) is 13.6 Å². The first-order valence-corrected chi connectivity index (χ1v) is 9.70. The van der Waals surface area contributed by atoms with E-state index < -0.39 is 30.1 Å². The van der Waals surface area contributed by atoms with E-state index in [0.29, 0.717) is 38.8 Å². The number of amides is 1. The molecule has 4 rings (SSSR count). The number of fused-ring (bicyclic) bond motifs is 1. The Balaban J connectivity index is 1.48. The number of nitrogens with zero attached hydrogens (tertiary/aromatic N) is 7. The van der Waals surface area contributed by atoms with Crippen LogP contribution in [-0.4, -0.2) is 66.3 Å². The van der Waals surface area contributed by atoms with E-state index >= 15 is 0 Å². The van der Waals surface area contributed by atoms with Gasteiger partial charge in [-0.15, -0.1) is 0 Å². The Labute approximate surface area is 175 Å². The van der Waals surface area contributed by atoms with Gasteiger partial charge in [0.25, 0.3) is 18.8 Å². The Bertz CT molecular complexity index is 1100. The molecular weight excluding hydrogens is 418 g/mol. The van der Waals surface area contributed by atoms with Crippen LogP contribution in [0.4, 0.5) is 17.6 Å². The van der Waals surface area contributed by atoms with Crippen LogP contribution in [0.15, 0.2) is 18.3 Å². The van der Waals surface area contributed by atoms with Crippen molar-refractivity contribution in [1.29, 1.82) is 0 Å². The summed E-state index contributed by atoms with van der Waals surface area (Å²) in [5.41, 5.74) is 0.260. The molecule has 0 aliphatic carbocycles. The van der Waals surface area contributed by atoms with Crippen molar-refractivity contribution in [3.8, 4) is 0 Å². The molecule has 1 aliphatic heterocycles. The second-order valence-electron chi connectivity index (χ2n) is 7.49. The number of piperazine rings is 1. The molecule has 1 aliphatic rings. The summed E-state index contributed by atoms with van der Waals surface area (Å²) in [6.45, 7) is 4.79. The quantitative estimate of drug-likeness (QED) is 0.572. The summed E-state index contributed by atoms with van der Waals surface area (Å²) in [4.78, 5) is 20.3. The summed E-state index contributed by atoms with van der Waals surface area (Å²) in [5.74, 6) is -0.443. The minimum absolute atomic E-state index is 0.0997. The minimum atomic E-state index is -3.04. The van der Waals surface area contributed by atoms with Crippen LogP contribution in [0.25, 0.3) is 5.65 Å². The standard InChI is InChI=1S/C19H21F4N7O/c1-11-12(9-27(2)25-11)10-28-3-5-29(6-4-28)19(31)14-8-16-24-13(17(20)21)7-15(18(22)23)30(16)26-14/h7-9,17-18H,3-6,10H2,1-2H3. The van der Waals surface area contributed by atoms with E-state index in [9.17, 15) is 22.4 Å². The molecule has 166 valence electrons. The van der Waals surface area contributed by atoms with Crippen LogP contribution in [0.2, 0.25) is 0 Å². The number of aryl methyl sites for hydroxylation is 2. The molecule has 0 unspecified atom stereocenters. The molecular formula is C19H21F4N7O. The molecule has 0 radical (unpaired) electrons. The van der Waals surface area contributed by atoms with Gasteiger partial charge in [-0.2, -0.15) is 10.2 Å². The Hall–Kier alpha value is -3.02. The van der Waals surface area contributed by atoms with Gasteiger partial charge in [-0.05, 0) is 13.0 Å². The van der Waals surface area contributed by atoms with Gasteiger partial charge in [0.15, 0.2) is 11.3 Å². The molecule has 3 aromatic rings. The van der Waals surface area contributed by atoms with E-state index in [2.05, 4.69) is 20.1 Å². The predicted molar refractivity (Wildman–Crippen MR) is 102 cm³/mol. The summed E-state index contributed by atoms with van der Waals surface area (Å²) in [5, 5.41) is 8.25. The van der Waals surface area contributed by atoms with E-state index in [-0.39, 0.29) is 11.3 Å². The number of carbonyl (C=O) groups excluding carboxylic acids is 1. The highest BCUT2D eigenvalue weighted by Crippen LogP contribution is 2.25. The number of alkyl halides is 4. The maximum absolute atomic E-state index is 13.3. The summed E-state index contributed by atoms with van der Waals surface area (Å²) in [6.07, 6.45) is -4.08. The van der Waals surface area contributed by atoms with Gasteiger partial charge in [-0.1, -0.05) is 0 Å². The molecule has 3 aromatic heterocycles. The minimum Gasteiger partial charge on any atom is -0.335 e. The number of hydrogen-bond acceptors (Lipinski definition) is 5. The zero-order valence-electron chi connectivity index (χ0n) is 17.0. The first kappa shape index (κ1) is 21.2. The molecule has 1 amide bonds. The van der Waals surface area contributed by atoms with Gasteiger partial charge >= 0.3 is 0 Å². The molecule has 0 spiro atoms. The van der Waals surface area contributed by atoms with Gasteiger partial charge in [-0.25, -0.2) is 27.1 Å². The van der Waals surface area contributed by atoms with E-state index in [1.807, 2.05) is 20.2 Å². The largest absolute Gasteiger partial charge is 0.335 e. The lowest BCUT2D eigenvalue weighted by Gasteiger charge is -2.34. The maximum atomic E-state index is 13.3. The molecule has 31 heavy (non-hydrogen) atoms. The lowest BCUT2D eigenvalue weighted by atomic mass is 10.2. The van der Waals surface area contributed by atoms with Crippen LogP contribution in [0, 0.1) is 6.92 Å². The monoisotopic (exact) mass is 439 g/mol. The zero-order chi connectivity index (χ0) is 22.3. The van der Waals surface area contributed by atoms with E-state index in [4.69, 9.17) is 0 Å². The normalized spacial score (nSPS) is 15.5. The van der Waals surface area contributed by atoms with Gasteiger partial charge in [0, 0.05) is 57.6 Å². The van der Waals surface area contributed by atoms with Gasteiger partial charge in [0.1, 0.15) is 11.4 Å². The van der Waals surface area contributed by atoms with Crippen molar-refractivity contribution >= 4 is 11.6 Å². The fourth-order valence-electron chi connectivity index (χ4n) is 3.71. The Kier molecular flexibility index (Phi) is 5.65. The number of rotatable bonds is 5. The van der Waals surface area contributed by atoms with Crippen molar-refractivity contribution in [2.45, 2.75) is 26.3 Å². The number of halogens is 4. The first-order chi connectivity index (χ1) is 14.7. The number of hydrogen-bond donors (Lipinski definition) is 0. The smallest absolute Gasteiger partial charge is 0.280 e. The number of aromatic nitrogens is 5. The van der Waals surface area contributed by atoms with Gasteiger partial charge < -0.3 is 4.90 Å². The van der Waals surface area contributed by atoms with Gasteiger partial charge in [-0.3, -0.25) is 14.4 Å². The molecule has 12 heteroatoms. The van der Waals surface area contributed by atoms with Crippen LogP contribution in [0.1, 0.15) is 46.0 Å². The molecule has 0 N–H and O–H groups in total. The van der Waals surface area contributed by atoms with Gasteiger partial charge in [0.05, 0.1) is 5.69 Å². The third-order valence-corrected chi connectivity index (χ3v) is 5.31. The molecule has 0 atom stereocenters. The molecule has 4 heterocycles. The van der Waals surface area contributed by atoms with Crippen molar-refractivity contribution < 1.29 is 22.4 Å². The molecule has 1 fully saturated rings. The Morgan fingerprint density at radius 1 is 1.06 bits per heavy atom. The van der Waals surface area contributed by atoms with Crippen LogP contribution >= 0.6 is 0 Å². The van der Waals surface area contributed by atoms with Gasteiger partial charge in [0.2, 0.25) is 0 Å². The highest BCUT2D eigenvalue weighted by molar-refractivity contribution is 5.93. The summed E-state index contributed by atoms with van der Waals surface area (Å²) >= 11 is 0. The second-order valence-corrected chi connectivity index (χ2v) is 7.49. The summed E-state index contributed by atoms with van der Waals surface area (Å²) in [6, 6.07) is 1.79. The Morgan fingerprint density at radius 2 is 1.77 bits per heavy atom. The first-order valence-electron chi connectivity index (χ1n) is 9.70. The highest BCUT2D eigenvalue weighted by Gasteiger charge is 2.27. The lowest BCUT2D eigenvalue weighted by Crippen LogP contribution is -2.48. The van der Waals surface area contributed by atoms with Crippen molar-refractivity contribution in [3.63, 3.8) is 0 Å². The third kappa shape index (κ3) is 4.24. The topological polar surface area (TPSA) is 71.6 Å². The van der Waals surface area contributed by atoms with E-state index in [1.54, 1.807) is 9.58 Å². The fraction of sp³-hybridized carbons (Fsp3) is 0.474. The molecule has 8 nitrogen and oxygen atoms in total. The highest BCUT2D eigenvalue weighted by atomic mass is 19.3. The zero-order valence-corrected chi connectivity index (χ0v) is 17.0. The lowest BCUT2D eigenvalue weighted by molar-refractivity contribution is 0.0621. The van der Waals surface area contributed by atoms with Crippen LogP contribution in [0.5, 0.6) is 0 Å². The van der Waals surface area contributed by atoms with Crippen molar-refractivity contribution in [2.24, 2.45) is 7.05 Å². The fourth-order valence-corrected chi connectivity index (χ4v) is 3.71. The van der Waals surface area contributed by atoms with E-state index in [1.165, 1.54) is 6.07 Å². The van der Waals surface area contributed by atoms with Crippen LogP contribution in [0.3, 0.4) is 0 Å². The predicted octanol–water partition coefficient (Wildman–Crippen LogP) is 2.60. The maximum Gasteiger partial charge on any atom is 0.280 e. The molecule has 1 saturated heterocycles. The summed E-state index contributed by atoms with van der Waals surface area (Å²) in [7, 11) is 1.86. The second kappa shape index (κ2) is 8.25. The third-order valence-electron chi connectivity index (χ3n) is 5.31. The SMILES string of the molecule is Cc1nn(C)cc1CN1CCN(C(=O)c2cc3nc(C(F)F)cc(C(F)F)n3n2)CC1. The Morgan fingerprint density at radius 3 is 2.35 bits per heavy atom. The van der Waals surface area contributed by atoms with Crippen LogP contribution < -0.4 is 0 Å². The molecule has 0 saturated carbocycles. The molecule has 0 aromatic carbocycles. The average Bonchev–Trinajstić information content (AvgIpc) is 3.29. The van der Waals surface area contributed by atoms with Crippen molar-refractivity contribution in [2.75, 3.05) is 26.2 Å². The van der Waals surface area contributed by atoms with Crippen molar-refractivity contribution in [3.05, 3.63) is 46.7 Å². The average molecular weight is 439 g/mol. The molecule has 0 bridgehead atoms.